The average Bonchev–Trinajstić information content (AvgIpc) is 2.22. The molecule has 0 saturated heterocycles. The number of rotatable bonds is 5. The molecule has 0 aromatic carbocycles. The minimum Gasteiger partial charge on any atom is -0.354 e. The number of nitrogens with two attached hydrogens (primary N) is 1. The Morgan fingerprint density at radius 1 is 1.11 bits per heavy atom. The van der Waals surface area contributed by atoms with Crippen LogP contribution in [-0.4, -0.2) is 30.4 Å². The Hall–Kier alpha value is -1.10. The van der Waals surface area contributed by atoms with E-state index in [-0.39, 0.29) is 17.2 Å². The summed E-state index contributed by atoms with van der Waals surface area (Å²) in [5, 5.41) is 5.40. The van der Waals surface area contributed by atoms with Crippen molar-refractivity contribution in [1.82, 2.24) is 10.6 Å². The van der Waals surface area contributed by atoms with Crippen LogP contribution in [0.1, 0.15) is 41.5 Å². The highest BCUT2D eigenvalue weighted by Gasteiger charge is 2.29. The van der Waals surface area contributed by atoms with E-state index in [1.165, 1.54) is 0 Å². The molecule has 0 fully saturated rings. The highest BCUT2D eigenvalue weighted by atomic mass is 16.2. The molecule has 0 spiro atoms. The lowest BCUT2D eigenvalue weighted by molar-refractivity contribution is -0.130. The minimum atomic E-state index is -0.627. The number of carbonyl (C=O) groups excluding carboxylic acids is 2. The van der Waals surface area contributed by atoms with E-state index in [1.54, 1.807) is 6.92 Å². The molecule has 0 aliphatic rings. The Balaban J connectivity index is 4.27. The van der Waals surface area contributed by atoms with Gasteiger partial charge in [-0.1, -0.05) is 34.6 Å². The van der Waals surface area contributed by atoms with Crippen LogP contribution in [0.2, 0.25) is 0 Å². The molecule has 0 aliphatic carbocycles. The van der Waals surface area contributed by atoms with Crippen molar-refractivity contribution >= 4 is 11.8 Å². The molecule has 5 heteroatoms. The van der Waals surface area contributed by atoms with E-state index < -0.39 is 12.1 Å². The first-order valence-electron chi connectivity index (χ1n) is 6.39. The van der Waals surface area contributed by atoms with Crippen LogP contribution in [0.3, 0.4) is 0 Å². The number of carbonyl (C=O) groups is 2. The van der Waals surface area contributed by atoms with Gasteiger partial charge in [-0.3, -0.25) is 9.59 Å². The molecule has 18 heavy (non-hydrogen) atoms. The van der Waals surface area contributed by atoms with Gasteiger partial charge in [0.2, 0.25) is 11.8 Å². The molecule has 0 heterocycles. The van der Waals surface area contributed by atoms with Gasteiger partial charge in [0.25, 0.3) is 0 Å². The first-order chi connectivity index (χ1) is 8.05. The van der Waals surface area contributed by atoms with Crippen LogP contribution in [0, 0.1) is 11.3 Å². The van der Waals surface area contributed by atoms with Crippen LogP contribution < -0.4 is 16.4 Å². The maximum Gasteiger partial charge on any atom is 0.242 e. The van der Waals surface area contributed by atoms with E-state index in [1.807, 2.05) is 34.6 Å². The molecule has 2 atom stereocenters. The van der Waals surface area contributed by atoms with Gasteiger partial charge in [0, 0.05) is 6.54 Å². The van der Waals surface area contributed by atoms with Crippen molar-refractivity contribution in [3.05, 3.63) is 0 Å². The Morgan fingerprint density at radius 2 is 1.61 bits per heavy atom. The highest BCUT2D eigenvalue weighted by Crippen LogP contribution is 2.17. The van der Waals surface area contributed by atoms with Crippen LogP contribution in [0.5, 0.6) is 0 Å². The Morgan fingerprint density at radius 3 is 2.00 bits per heavy atom. The van der Waals surface area contributed by atoms with Gasteiger partial charge >= 0.3 is 0 Å². The van der Waals surface area contributed by atoms with Crippen LogP contribution >= 0.6 is 0 Å². The van der Waals surface area contributed by atoms with E-state index in [2.05, 4.69) is 10.6 Å². The predicted octanol–water partition coefficient (Wildman–Crippen LogP) is 0.637. The third kappa shape index (κ3) is 6.00. The monoisotopic (exact) mass is 257 g/mol. The standard InChI is InChI=1S/C13H27N3O2/c1-8(2)7-15-11(17)9(3)16-12(18)10(14)13(4,5)6/h8-10H,7,14H2,1-6H3,(H,15,17)(H,16,18)/t9?,10-/m0/s1. The fraction of sp³-hybridized carbons (Fsp3) is 0.846. The van der Waals surface area contributed by atoms with Gasteiger partial charge in [0.15, 0.2) is 0 Å². The lowest BCUT2D eigenvalue weighted by atomic mass is 9.87. The zero-order valence-corrected chi connectivity index (χ0v) is 12.3. The van der Waals surface area contributed by atoms with Crippen molar-refractivity contribution in [3.8, 4) is 0 Å². The van der Waals surface area contributed by atoms with Gasteiger partial charge in [-0.15, -0.1) is 0 Å². The first kappa shape index (κ1) is 16.9. The van der Waals surface area contributed by atoms with Gasteiger partial charge < -0.3 is 16.4 Å². The molecule has 1 unspecified atom stereocenters. The zero-order chi connectivity index (χ0) is 14.5. The normalized spacial score (nSPS) is 15.1. The second-order valence-electron chi connectivity index (χ2n) is 6.21. The van der Waals surface area contributed by atoms with Gasteiger partial charge in [-0.2, -0.15) is 0 Å². The van der Waals surface area contributed by atoms with Gasteiger partial charge in [0.05, 0.1) is 6.04 Å². The van der Waals surface area contributed by atoms with E-state index in [4.69, 9.17) is 5.73 Å². The number of hydrogen-bond acceptors (Lipinski definition) is 3. The first-order valence-corrected chi connectivity index (χ1v) is 6.39. The number of hydrogen-bond donors (Lipinski definition) is 3. The average molecular weight is 257 g/mol. The second kappa shape index (κ2) is 6.73. The summed E-state index contributed by atoms with van der Waals surface area (Å²) in [5.74, 6) is -0.0958. The van der Waals surface area contributed by atoms with Crippen LogP contribution in [0.4, 0.5) is 0 Å². The van der Waals surface area contributed by atoms with E-state index in [9.17, 15) is 9.59 Å². The van der Waals surface area contributed by atoms with Gasteiger partial charge in [0.1, 0.15) is 6.04 Å². The minimum absolute atomic E-state index is 0.182. The Kier molecular flexibility index (Phi) is 6.32. The summed E-state index contributed by atoms with van der Waals surface area (Å²) in [7, 11) is 0. The fourth-order valence-corrected chi connectivity index (χ4v) is 1.22. The highest BCUT2D eigenvalue weighted by molar-refractivity contribution is 5.89. The van der Waals surface area contributed by atoms with Crippen LogP contribution in [-0.2, 0) is 9.59 Å². The molecular formula is C13H27N3O2. The molecule has 2 amide bonds. The molecule has 5 nitrogen and oxygen atoms in total. The lowest BCUT2D eigenvalue weighted by Gasteiger charge is -2.27. The maximum absolute atomic E-state index is 11.8. The topological polar surface area (TPSA) is 84.2 Å². The summed E-state index contributed by atoms with van der Waals surface area (Å²) in [6.07, 6.45) is 0. The van der Waals surface area contributed by atoms with Crippen molar-refractivity contribution in [1.29, 1.82) is 0 Å². The van der Waals surface area contributed by atoms with Crippen LogP contribution in [0.25, 0.3) is 0 Å². The lowest BCUT2D eigenvalue weighted by Crippen LogP contribution is -2.54. The molecule has 0 saturated carbocycles. The fourth-order valence-electron chi connectivity index (χ4n) is 1.22. The molecule has 0 rings (SSSR count). The summed E-state index contributed by atoms with van der Waals surface area (Å²) in [5.41, 5.74) is 5.50. The molecule has 0 radical (unpaired) electrons. The van der Waals surface area contributed by atoms with Gasteiger partial charge in [-0.05, 0) is 18.3 Å². The van der Waals surface area contributed by atoms with Crippen LogP contribution in [0.15, 0.2) is 0 Å². The molecular weight excluding hydrogens is 230 g/mol. The van der Waals surface area contributed by atoms with E-state index in [0.717, 1.165) is 0 Å². The molecule has 106 valence electrons. The maximum atomic E-state index is 11.8. The largest absolute Gasteiger partial charge is 0.354 e. The van der Waals surface area contributed by atoms with E-state index >= 15 is 0 Å². The summed E-state index contributed by atoms with van der Waals surface area (Å²) in [6.45, 7) is 12.0. The zero-order valence-electron chi connectivity index (χ0n) is 12.3. The molecule has 4 N–H and O–H groups in total. The molecule has 0 aliphatic heterocycles. The summed E-state index contributed by atoms with van der Waals surface area (Å²) < 4.78 is 0. The molecule has 0 bridgehead atoms. The van der Waals surface area contributed by atoms with E-state index in [0.29, 0.717) is 12.5 Å². The SMILES string of the molecule is CC(C)CNC(=O)C(C)NC(=O)[C@H](N)C(C)(C)C. The Labute approximate surface area is 110 Å². The smallest absolute Gasteiger partial charge is 0.242 e. The van der Waals surface area contributed by atoms with Crippen molar-refractivity contribution in [2.75, 3.05) is 6.54 Å². The third-order valence-electron chi connectivity index (χ3n) is 2.65. The Bertz CT molecular complexity index is 295. The number of amides is 2. The molecule has 0 aromatic rings. The van der Waals surface area contributed by atoms with Crippen molar-refractivity contribution < 1.29 is 9.59 Å². The van der Waals surface area contributed by atoms with Crippen molar-refractivity contribution in [2.24, 2.45) is 17.1 Å². The quantitative estimate of drug-likeness (QED) is 0.675. The third-order valence-corrected chi connectivity index (χ3v) is 2.65. The summed E-state index contributed by atoms with van der Waals surface area (Å²) >= 11 is 0. The van der Waals surface area contributed by atoms with Crippen molar-refractivity contribution in [3.63, 3.8) is 0 Å². The molecule has 0 aromatic heterocycles. The predicted molar refractivity (Wildman–Crippen MR) is 72.9 cm³/mol. The van der Waals surface area contributed by atoms with Crippen molar-refractivity contribution in [2.45, 2.75) is 53.6 Å². The summed E-state index contributed by atoms with van der Waals surface area (Å²) in [6, 6.07) is -1.19. The summed E-state index contributed by atoms with van der Waals surface area (Å²) in [4.78, 5) is 23.5. The number of nitrogens with one attached hydrogen (secondary N) is 2. The second-order valence-corrected chi connectivity index (χ2v) is 6.21. The van der Waals surface area contributed by atoms with Gasteiger partial charge in [-0.25, -0.2) is 0 Å².